The zero-order valence-electron chi connectivity index (χ0n) is 15.2. The number of amidine groups is 1. The fourth-order valence-electron chi connectivity index (χ4n) is 2.94. The lowest BCUT2D eigenvalue weighted by Gasteiger charge is -2.33. The fraction of sp³-hybridized carbons (Fsp3) is 0.421. The van der Waals surface area contributed by atoms with Gasteiger partial charge in [-0.2, -0.15) is 0 Å². The van der Waals surface area contributed by atoms with Crippen LogP contribution in [0.4, 0.5) is 0 Å². The van der Waals surface area contributed by atoms with E-state index in [0.29, 0.717) is 28.1 Å². The fourth-order valence-corrected chi connectivity index (χ4v) is 4.10. The molecule has 3 rings (SSSR count). The molecular formula is C19H21ClN2O3S. The van der Waals surface area contributed by atoms with Crippen LogP contribution in [-0.2, 0) is 14.3 Å². The maximum absolute atomic E-state index is 12.8. The summed E-state index contributed by atoms with van der Waals surface area (Å²) in [5.74, 6) is -0.271. The average Bonchev–Trinajstić information content (AvgIpc) is 2.86. The van der Waals surface area contributed by atoms with Crippen LogP contribution in [0.2, 0.25) is 5.02 Å². The van der Waals surface area contributed by atoms with Crippen molar-refractivity contribution in [2.75, 3.05) is 6.61 Å². The lowest BCUT2D eigenvalue weighted by Crippen LogP contribution is -2.40. The Hall–Kier alpha value is -1.79. The highest BCUT2D eigenvalue weighted by Gasteiger charge is 2.46. The normalized spacial score (nSPS) is 22.6. The van der Waals surface area contributed by atoms with E-state index in [0.717, 1.165) is 5.56 Å². The maximum atomic E-state index is 12.8. The predicted molar refractivity (Wildman–Crippen MR) is 104 cm³/mol. The van der Waals surface area contributed by atoms with E-state index < -0.39 is 12.0 Å². The Bertz CT molecular complexity index is 802. The van der Waals surface area contributed by atoms with Gasteiger partial charge >= 0.3 is 5.97 Å². The molecule has 2 atom stereocenters. The van der Waals surface area contributed by atoms with Crippen LogP contribution < -0.4 is 0 Å². The highest BCUT2D eigenvalue weighted by Crippen LogP contribution is 2.43. The smallest absolute Gasteiger partial charge is 0.338 e. The first-order valence-electron chi connectivity index (χ1n) is 8.51. The first-order chi connectivity index (χ1) is 12.3. The number of nitrogens with zero attached hydrogens (tertiary/aromatic N) is 2. The minimum absolute atomic E-state index is 0.0599. The summed E-state index contributed by atoms with van der Waals surface area (Å²) in [7, 11) is 0. The Kier molecular flexibility index (Phi) is 5.44. The van der Waals surface area contributed by atoms with Crippen molar-refractivity contribution in [1.29, 1.82) is 0 Å². The van der Waals surface area contributed by atoms with Crippen LogP contribution in [0.3, 0.4) is 0 Å². The van der Waals surface area contributed by atoms with Gasteiger partial charge in [-0.3, -0.25) is 9.69 Å². The van der Waals surface area contributed by atoms with Crippen molar-refractivity contribution in [3.05, 3.63) is 46.1 Å². The summed E-state index contributed by atoms with van der Waals surface area (Å²) in [5.41, 5.74) is 1.79. The van der Waals surface area contributed by atoms with E-state index in [-0.39, 0.29) is 17.1 Å². The van der Waals surface area contributed by atoms with Crippen LogP contribution >= 0.6 is 23.4 Å². The van der Waals surface area contributed by atoms with Gasteiger partial charge in [0.25, 0.3) is 0 Å². The predicted octanol–water partition coefficient (Wildman–Crippen LogP) is 4.19. The van der Waals surface area contributed by atoms with E-state index >= 15 is 0 Å². The molecule has 0 spiro atoms. The third-order valence-electron chi connectivity index (χ3n) is 4.21. The molecule has 0 aliphatic carbocycles. The molecule has 5 nitrogen and oxygen atoms in total. The summed E-state index contributed by atoms with van der Waals surface area (Å²) in [6.07, 6.45) is 0. The topological polar surface area (TPSA) is 59.0 Å². The molecule has 0 aromatic heterocycles. The number of amides is 1. The van der Waals surface area contributed by atoms with Crippen molar-refractivity contribution in [1.82, 2.24) is 4.90 Å². The van der Waals surface area contributed by atoms with Crippen LogP contribution in [0.25, 0.3) is 0 Å². The van der Waals surface area contributed by atoms with Crippen molar-refractivity contribution >= 4 is 40.4 Å². The van der Waals surface area contributed by atoms with Gasteiger partial charge in [0.15, 0.2) is 5.17 Å². The summed E-state index contributed by atoms with van der Waals surface area (Å²) >= 11 is 7.42. The number of thioether (sulfide) groups is 1. The highest BCUT2D eigenvalue weighted by atomic mass is 35.5. The van der Waals surface area contributed by atoms with Crippen LogP contribution in [0.1, 0.15) is 39.3 Å². The Morgan fingerprint density at radius 2 is 2.00 bits per heavy atom. The number of allylic oxidation sites excluding steroid dienone is 1. The number of hydrogen-bond donors (Lipinski definition) is 0. The number of ether oxygens (including phenoxy) is 1. The van der Waals surface area contributed by atoms with Gasteiger partial charge in [0.1, 0.15) is 0 Å². The molecule has 0 bridgehead atoms. The minimum atomic E-state index is -0.552. The van der Waals surface area contributed by atoms with Gasteiger partial charge in [0, 0.05) is 5.02 Å². The lowest BCUT2D eigenvalue weighted by atomic mass is 9.94. The molecule has 1 fully saturated rings. The van der Waals surface area contributed by atoms with Gasteiger partial charge in [-0.05, 0) is 37.5 Å². The second kappa shape index (κ2) is 7.45. The third-order valence-corrected chi connectivity index (χ3v) is 5.52. The van der Waals surface area contributed by atoms with Crippen molar-refractivity contribution in [2.45, 2.75) is 39.0 Å². The molecule has 7 heteroatoms. The SMILES string of the molecule is CC1=C(C(=O)OCC(C)C)[C@H](c2ccc(Cl)cc2)N2C(=O)[C@H](C)SC2=N1. The van der Waals surface area contributed by atoms with Gasteiger partial charge in [0.2, 0.25) is 5.91 Å². The number of fused-ring (bicyclic) bond motifs is 1. The second-order valence-electron chi connectivity index (χ2n) is 6.81. The highest BCUT2D eigenvalue weighted by molar-refractivity contribution is 8.15. The molecule has 1 aromatic rings. The van der Waals surface area contributed by atoms with E-state index in [2.05, 4.69) is 4.99 Å². The van der Waals surface area contributed by atoms with Gasteiger partial charge < -0.3 is 4.74 Å². The number of rotatable bonds is 4. The number of benzene rings is 1. The minimum Gasteiger partial charge on any atom is -0.462 e. The van der Waals surface area contributed by atoms with Crippen molar-refractivity contribution in [2.24, 2.45) is 10.9 Å². The maximum Gasteiger partial charge on any atom is 0.338 e. The Morgan fingerprint density at radius 3 is 2.62 bits per heavy atom. The van der Waals surface area contributed by atoms with E-state index in [1.807, 2.05) is 32.9 Å². The number of hydrogen-bond acceptors (Lipinski definition) is 5. The molecule has 1 aromatic carbocycles. The monoisotopic (exact) mass is 392 g/mol. The Labute approximate surface area is 162 Å². The van der Waals surface area contributed by atoms with Gasteiger partial charge in [-0.15, -0.1) is 0 Å². The van der Waals surface area contributed by atoms with Gasteiger partial charge in [-0.25, -0.2) is 9.79 Å². The zero-order valence-corrected chi connectivity index (χ0v) is 16.7. The first kappa shape index (κ1) is 19.0. The summed E-state index contributed by atoms with van der Waals surface area (Å²) in [4.78, 5) is 31.7. The van der Waals surface area contributed by atoms with E-state index in [1.165, 1.54) is 11.8 Å². The Balaban J connectivity index is 2.06. The third kappa shape index (κ3) is 3.53. The summed E-state index contributed by atoms with van der Waals surface area (Å²) in [6.45, 7) is 7.90. The number of aliphatic imine (C=N–C) groups is 1. The zero-order chi connectivity index (χ0) is 19.0. The molecule has 2 aliphatic heterocycles. The van der Waals surface area contributed by atoms with Gasteiger partial charge in [-0.1, -0.05) is 49.3 Å². The number of carbonyl (C=O) groups is 2. The Morgan fingerprint density at radius 1 is 1.35 bits per heavy atom. The quantitative estimate of drug-likeness (QED) is 0.721. The summed E-state index contributed by atoms with van der Waals surface area (Å²) in [6, 6.07) is 6.63. The van der Waals surface area contributed by atoms with Crippen molar-refractivity contribution < 1.29 is 14.3 Å². The van der Waals surface area contributed by atoms with Crippen LogP contribution in [0.5, 0.6) is 0 Å². The lowest BCUT2D eigenvalue weighted by molar-refractivity contribution is -0.141. The second-order valence-corrected chi connectivity index (χ2v) is 8.55. The summed E-state index contributed by atoms with van der Waals surface area (Å²) in [5, 5.41) is 0.987. The molecule has 2 aliphatic rings. The number of carbonyl (C=O) groups excluding carboxylic acids is 2. The van der Waals surface area contributed by atoms with Gasteiger partial charge in [0.05, 0.1) is 29.2 Å². The standard InChI is InChI=1S/C19H21ClN2O3S/c1-10(2)9-25-18(24)15-11(3)21-19-22(17(23)12(4)26-19)16(15)13-5-7-14(20)8-6-13/h5-8,10,12,16H,9H2,1-4H3/t12-,16-/m0/s1. The van der Waals surface area contributed by atoms with Crippen molar-refractivity contribution in [3.63, 3.8) is 0 Å². The van der Waals surface area contributed by atoms with E-state index in [9.17, 15) is 9.59 Å². The molecule has 0 unspecified atom stereocenters. The largest absolute Gasteiger partial charge is 0.462 e. The van der Waals surface area contributed by atoms with Crippen LogP contribution in [0.15, 0.2) is 40.5 Å². The molecule has 1 amide bonds. The van der Waals surface area contributed by atoms with Crippen LogP contribution in [0, 0.1) is 5.92 Å². The molecule has 138 valence electrons. The molecule has 0 saturated carbocycles. The molecule has 1 saturated heterocycles. The molecule has 0 radical (unpaired) electrons. The number of esters is 1. The average molecular weight is 393 g/mol. The van der Waals surface area contributed by atoms with E-state index in [4.69, 9.17) is 16.3 Å². The molecule has 2 heterocycles. The van der Waals surface area contributed by atoms with Crippen molar-refractivity contribution in [3.8, 4) is 0 Å². The summed E-state index contributed by atoms with van der Waals surface area (Å²) < 4.78 is 5.46. The van der Waals surface area contributed by atoms with Crippen LogP contribution in [-0.4, -0.2) is 33.8 Å². The number of halogens is 1. The van der Waals surface area contributed by atoms with E-state index in [1.54, 1.807) is 24.0 Å². The molecule has 26 heavy (non-hydrogen) atoms. The molecule has 0 N–H and O–H groups in total. The first-order valence-corrected chi connectivity index (χ1v) is 9.77. The molecular weight excluding hydrogens is 372 g/mol.